The molecule has 0 aliphatic carbocycles. The first-order chi connectivity index (χ1) is 11.7. The van der Waals surface area contributed by atoms with Crippen molar-refractivity contribution in [1.29, 1.82) is 0 Å². The molecular weight excluding hydrogens is 318 g/mol. The number of carbonyl (C=O) groups is 2. The maximum absolute atomic E-state index is 12.1. The van der Waals surface area contributed by atoms with Crippen LogP contribution in [0.4, 0.5) is 4.79 Å². The summed E-state index contributed by atoms with van der Waals surface area (Å²) >= 11 is 0. The number of benzene rings is 1. The van der Waals surface area contributed by atoms with Gasteiger partial charge in [0.05, 0.1) is 11.1 Å². The van der Waals surface area contributed by atoms with Crippen LogP contribution in [0.1, 0.15) is 36.7 Å². The smallest absolute Gasteiger partial charge is 0.410 e. The molecule has 1 aromatic carbocycles. The van der Waals surface area contributed by atoms with Gasteiger partial charge in [0.15, 0.2) is 0 Å². The van der Waals surface area contributed by atoms with E-state index in [-0.39, 0.29) is 12.0 Å². The Bertz CT molecular complexity index is 854. The molecule has 3 rings (SSSR count). The maximum atomic E-state index is 12.1. The van der Waals surface area contributed by atoms with Crippen LogP contribution in [0.5, 0.6) is 0 Å². The Hall–Kier alpha value is -2.76. The molecule has 25 heavy (non-hydrogen) atoms. The average molecular weight is 341 g/mol. The third-order valence-corrected chi connectivity index (χ3v) is 4.36. The maximum Gasteiger partial charge on any atom is 0.410 e. The number of fused-ring (bicyclic) bond motifs is 1. The zero-order valence-electron chi connectivity index (χ0n) is 14.8. The summed E-state index contributed by atoms with van der Waals surface area (Å²) in [5.41, 5.74) is 8.01. The van der Waals surface area contributed by atoms with Crippen molar-refractivity contribution in [1.82, 2.24) is 9.88 Å². The van der Waals surface area contributed by atoms with Gasteiger partial charge in [0.25, 0.3) is 5.91 Å². The van der Waals surface area contributed by atoms with Crippen LogP contribution in [0, 0.1) is 5.92 Å². The number of rotatable bonds is 3. The van der Waals surface area contributed by atoms with Crippen molar-refractivity contribution in [2.24, 2.45) is 11.7 Å². The lowest BCUT2D eigenvalue weighted by molar-refractivity contribution is 0.00603. The summed E-state index contributed by atoms with van der Waals surface area (Å²) in [7, 11) is 0. The number of likely N-dealkylation sites (tertiary alicyclic amines) is 1. The molecular formula is C19H23N3O3. The summed E-state index contributed by atoms with van der Waals surface area (Å²) in [6.07, 6.45) is 1.48. The third-order valence-electron chi connectivity index (χ3n) is 4.36. The number of nitrogens with two attached hydrogens (primary N) is 1. The first kappa shape index (κ1) is 17.1. The van der Waals surface area contributed by atoms with Crippen LogP contribution in [-0.2, 0) is 4.74 Å². The van der Waals surface area contributed by atoms with Gasteiger partial charge in [-0.05, 0) is 44.0 Å². The molecule has 1 aromatic heterocycles. The van der Waals surface area contributed by atoms with Gasteiger partial charge in [-0.25, -0.2) is 4.79 Å². The summed E-state index contributed by atoms with van der Waals surface area (Å²) in [6.45, 7) is 10.9. The first-order valence-electron chi connectivity index (χ1n) is 8.24. The molecule has 132 valence electrons. The lowest BCUT2D eigenvalue weighted by Crippen LogP contribution is -2.51. The molecule has 6 heteroatoms. The van der Waals surface area contributed by atoms with Crippen LogP contribution in [0.15, 0.2) is 31.0 Å². The number of aromatic nitrogens is 1. The molecule has 2 amide bonds. The summed E-state index contributed by atoms with van der Waals surface area (Å²) in [5, 5.41) is 0.914. The summed E-state index contributed by atoms with van der Waals surface area (Å²) < 4.78 is 5.38. The lowest BCUT2D eigenvalue weighted by atomic mass is 9.86. The van der Waals surface area contributed by atoms with Crippen LogP contribution >= 0.6 is 0 Å². The fourth-order valence-electron chi connectivity index (χ4n) is 3.04. The fraction of sp³-hybridized carbons (Fsp3) is 0.368. The van der Waals surface area contributed by atoms with Crippen molar-refractivity contribution < 1.29 is 14.3 Å². The number of ether oxygens (including phenoxy) is 1. The largest absolute Gasteiger partial charge is 0.444 e. The predicted molar refractivity (Wildman–Crippen MR) is 97.1 cm³/mol. The van der Waals surface area contributed by atoms with Crippen LogP contribution in [0.2, 0.25) is 0 Å². The highest BCUT2D eigenvalue weighted by Crippen LogP contribution is 2.35. The van der Waals surface area contributed by atoms with E-state index in [1.807, 2.05) is 32.9 Å². The van der Waals surface area contributed by atoms with E-state index in [1.54, 1.807) is 17.2 Å². The predicted octanol–water partition coefficient (Wildman–Crippen LogP) is 3.15. The summed E-state index contributed by atoms with van der Waals surface area (Å²) in [4.78, 5) is 28.3. The van der Waals surface area contributed by atoms with E-state index in [2.05, 4.69) is 11.6 Å². The number of primary amides is 1. The molecule has 2 aromatic rings. The second-order valence-electron chi connectivity index (χ2n) is 7.40. The van der Waals surface area contributed by atoms with Crippen LogP contribution in [0.25, 0.3) is 16.5 Å². The minimum absolute atomic E-state index is 0.171. The molecule has 0 unspecified atom stereocenters. The molecule has 0 spiro atoms. The number of nitrogens with one attached hydrogen (secondary N) is 1. The van der Waals surface area contributed by atoms with Gasteiger partial charge >= 0.3 is 6.09 Å². The number of H-pyrrole nitrogens is 1. The number of hydrogen-bond donors (Lipinski definition) is 2. The van der Waals surface area contributed by atoms with Gasteiger partial charge in [0.2, 0.25) is 0 Å². The Kier molecular flexibility index (Phi) is 4.06. The molecule has 0 atom stereocenters. The van der Waals surface area contributed by atoms with Gasteiger partial charge < -0.3 is 20.4 Å². The number of amides is 2. The van der Waals surface area contributed by atoms with E-state index in [4.69, 9.17) is 10.5 Å². The minimum Gasteiger partial charge on any atom is -0.444 e. The van der Waals surface area contributed by atoms with Gasteiger partial charge in [-0.1, -0.05) is 12.6 Å². The Labute approximate surface area is 146 Å². The standard InChI is InChI=1S/C19H23N3O3/c1-11(12-9-22(10-12)18(24)25-19(2,3)4)13-5-6-15(17(20)23)16-14(13)7-8-21-16/h5-8,12,21H,1,9-10H2,2-4H3,(H2,20,23). The second-order valence-corrected chi connectivity index (χ2v) is 7.40. The molecule has 3 N–H and O–H groups in total. The average Bonchev–Trinajstić information content (AvgIpc) is 2.91. The van der Waals surface area contributed by atoms with Crippen molar-refractivity contribution in [3.05, 3.63) is 42.1 Å². The Morgan fingerprint density at radius 3 is 2.48 bits per heavy atom. The van der Waals surface area contributed by atoms with E-state index in [9.17, 15) is 9.59 Å². The Balaban J connectivity index is 1.75. The first-order valence-corrected chi connectivity index (χ1v) is 8.24. The normalized spacial score (nSPS) is 15.1. The molecule has 0 saturated carbocycles. The highest BCUT2D eigenvalue weighted by molar-refractivity contribution is 6.07. The van der Waals surface area contributed by atoms with Crippen molar-refractivity contribution in [2.45, 2.75) is 26.4 Å². The van der Waals surface area contributed by atoms with E-state index in [0.717, 1.165) is 22.0 Å². The molecule has 1 fully saturated rings. The van der Waals surface area contributed by atoms with Crippen molar-refractivity contribution in [3.8, 4) is 0 Å². The van der Waals surface area contributed by atoms with E-state index in [1.165, 1.54) is 0 Å². The molecule has 0 radical (unpaired) electrons. The summed E-state index contributed by atoms with van der Waals surface area (Å²) in [6, 6.07) is 5.49. The summed E-state index contributed by atoms with van der Waals surface area (Å²) in [5.74, 6) is -0.297. The van der Waals surface area contributed by atoms with Crippen LogP contribution < -0.4 is 5.73 Å². The SMILES string of the molecule is C=C(c1ccc(C(N)=O)c2[nH]ccc12)C1CN(C(=O)OC(C)(C)C)C1. The van der Waals surface area contributed by atoms with Crippen LogP contribution in [-0.4, -0.2) is 40.6 Å². The number of carbonyl (C=O) groups excluding carboxylic acids is 2. The van der Waals surface area contributed by atoms with Gasteiger partial charge in [-0.15, -0.1) is 0 Å². The van der Waals surface area contributed by atoms with Crippen LogP contribution in [0.3, 0.4) is 0 Å². The third kappa shape index (κ3) is 3.24. The van der Waals surface area contributed by atoms with E-state index >= 15 is 0 Å². The number of hydrogen-bond acceptors (Lipinski definition) is 3. The van der Waals surface area contributed by atoms with Gasteiger partial charge in [-0.2, -0.15) is 0 Å². The molecule has 1 saturated heterocycles. The van der Waals surface area contributed by atoms with Crippen molar-refractivity contribution >= 4 is 28.5 Å². The molecule has 6 nitrogen and oxygen atoms in total. The second kappa shape index (κ2) is 5.95. The molecule has 0 bridgehead atoms. The number of aromatic amines is 1. The Morgan fingerprint density at radius 1 is 1.24 bits per heavy atom. The lowest BCUT2D eigenvalue weighted by Gasteiger charge is -2.41. The fourth-order valence-corrected chi connectivity index (χ4v) is 3.04. The monoisotopic (exact) mass is 341 g/mol. The van der Waals surface area contributed by atoms with Crippen molar-refractivity contribution in [2.75, 3.05) is 13.1 Å². The van der Waals surface area contributed by atoms with Gasteiger partial charge in [-0.3, -0.25) is 4.79 Å². The molecule has 2 heterocycles. The number of nitrogens with zero attached hydrogens (tertiary/aromatic N) is 1. The van der Waals surface area contributed by atoms with E-state index < -0.39 is 11.5 Å². The molecule has 1 aliphatic heterocycles. The minimum atomic E-state index is -0.499. The van der Waals surface area contributed by atoms with Crippen molar-refractivity contribution in [3.63, 3.8) is 0 Å². The Morgan fingerprint density at radius 2 is 1.88 bits per heavy atom. The molecule has 1 aliphatic rings. The van der Waals surface area contributed by atoms with Gasteiger partial charge in [0.1, 0.15) is 5.60 Å². The quantitative estimate of drug-likeness (QED) is 0.899. The van der Waals surface area contributed by atoms with Gasteiger partial charge in [0, 0.05) is 30.6 Å². The highest BCUT2D eigenvalue weighted by Gasteiger charge is 2.35. The zero-order chi connectivity index (χ0) is 18.4. The topological polar surface area (TPSA) is 88.4 Å². The highest BCUT2D eigenvalue weighted by atomic mass is 16.6. The zero-order valence-corrected chi connectivity index (χ0v) is 14.8. The van der Waals surface area contributed by atoms with E-state index in [0.29, 0.717) is 18.7 Å².